The molecule has 1 aromatic carbocycles. The molecule has 2 nitrogen and oxygen atoms in total. The van der Waals surface area contributed by atoms with E-state index in [0.717, 1.165) is 31.4 Å². The van der Waals surface area contributed by atoms with Crippen molar-refractivity contribution in [3.8, 4) is 0 Å². The van der Waals surface area contributed by atoms with E-state index in [-0.39, 0.29) is 6.10 Å². The van der Waals surface area contributed by atoms with Crippen molar-refractivity contribution in [2.45, 2.75) is 49.2 Å². The molecule has 2 rings (SSSR count). The topological polar surface area (TPSA) is 29.5 Å². The summed E-state index contributed by atoms with van der Waals surface area (Å²) < 4.78 is 5.59. The largest absolute Gasteiger partial charge is 0.388 e. The highest BCUT2D eigenvalue weighted by molar-refractivity contribution is 7.98. The Morgan fingerprint density at radius 2 is 2.17 bits per heavy atom. The van der Waals surface area contributed by atoms with E-state index in [1.54, 1.807) is 11.8 Å². The third-order valence-electron chi connectivity index (χ3n) is 3.53. The highest BCUT2D eigenvalue weighted by Gasteiger charge is 2.16. The summed E-state index contributed by atoms with van der Waals surface area (Å²) in [4.78, 5) is 1.24. The monoisotopic (exact) mass is 266 g/mol. The summed E-state index contributed by atoms with van der Waals surface area (Å²) in [6.45, 7) is 0.920. The highest BCUT2D eigenvalue weighted by Crippen LogP contribution is 2.24. The molecule has 0 aliphatic carbocycles. The third kappa shape index (κ3) is 4.01. The molecular formula is C15H22O2S. The summed E-state index contributed by atoms with van der Waals surface area (Å²) in [7, 11) is 0. The fourth-order valence-corrected chi connectivity index (χ4v) is 2.81. The van der Waals surface area contributed by atoms with Crippen LogP contribution in [0.3, 0.4) is 0 Å². The minimum absolute atomic E-state index is 0.331. The van der Waals surface area contributed by atoms with Crippen molar-refractivity contribution in [1.29, 1.82) is 0 Å². The second kappa shape index (κ2) is 7.17. The van der Waals surface area contributed by atoms with Gasteiger partial charge in [-0.25, -0.2) is 0 Å². The van der Waals surface area contributed by atoms with Crippen molar-refractivity contribution in [3.05, 3.63) is 29.8 Å². The normalized spacial score (nSPS) is 21.1. The Morgan fingerprint density at radius 3 is 2.78 bits per heavy atom. The quantitative estimate of drug-likeness (QED) is 0.794. The molecule has 0 saturated carbocycles. The standard InChI is InChI=1S/C15H22O2S/c1-18-14-9-7-12(8-10-14)15(16)6-2-4-13-5-3-11-17-13/h7-10,13,15-16H,2-6,11H2,1H3. The Labute approximate surface area is 114 Å². The molecule has 3 heteroatoms. The van der Waals surface area contributed by atoms with Crippen LogP contribution >= 0.6 is 11.8 Å². The summed E-state index contributed by atoms with van der Waals surface area (Å²) in [5, 5.41) is 10.1. The van der Waals surface area contributed by atoms with E-state index in [0.29, 0.717) is 6.10 Å². The van der Waals surface area contributed by atoms with Crippen molar-refractivity contribution in [2.75, 3.05) is 12.9 Å². The Balaban J connectivity index is 1.74. The van der Waals surface area contributed by atoms with Crippen LogP contribution in [0.5, 0.6) is 0 Å². The maximum Gasteiger partial charge on any atom is 0.0790 e. The van der Waals surface area contributed by atoms with Gasteiger partial charge < -0.3 is 9.84 Å². The summed E-state index contributed by atoms with van der Waals surface area (Å²) in [6, 6.07) is 8.21. The average Bonchev–Trinajstić information content (AvgIpc) is 2.92. The number of rotatable bonds is 6. The van der Waals surface area contributed by atoms with Crippen LogP contribution in [-0.2, 0) is 4.74 Å². The van der Waals surface area contributed by atoms with Crippen molar-refractivity contribution in [2.24, 2.45) is 0 Å². The average molecular weight is 266 g/mol. The van der Waals surface area contributed by atoms with Gasteiger partial charge in [-0.1, -0.05) is 12.1 Å². The van der Waals surface area contributed by atoms with Crippen molar-refractivity contribution in [3.63, 3.8) is 0 Å². The van der Waals surface area contributed by atoms with Gasteiger partial charge in [-0.15, -0.1) is 11.8 Å². The van der Waals surface area contributed by atoms with Gasteiger partial charge in [-0.05, 0) is 56.1 Å². The van der Waals surface area contributed by atoms with Crippen LogP contribution in [-0.4, -0.2) is 24.1 Å². The predicted octanol–water partition coefficient (Wildman–Crippen LogP) is 3.79. The van der Waals surface area contributed by atoms with Crippen LogP contribution in [0.1, 0.15) is 43.8 Å². The first kappa shape index (κ1) is 13.9. The van der Waals surface area contributed by atoms with Crippen LogP contribution < -0.4 is 0 Å². The van der Waals surface area contributed by atoms with Crippen molar-refractivity contribution >= 4 is 11.8 Å². The zero-order valence-corrected chi connectivity index (χ0v) is 11.8. The SMILES string of the molecule is CSc1ccc(C(O)CCCC2CCCO2)cc1. The van der Waals surface area contributed by atoms with Crippen LogP contribution in [0, 0.1) is 0 Å². The molecular weight excluding hydrogens is 244 g/mol. The fourth-order valence-electron chi connectivity index (χ4n) is 2.40. The Hall–Kier alpha value is -0.510. The molecule has 2 unspecified atom stereocenters. The summed E-state index contributed by atoms with van der Waals surface area (Å²) in [5.41, 5.74) is 1.03. The molecule has 1 heterocycles. The molecule has 2 atom stereocenters. The summed E-state index contributed by atoms with van der Waals surface area (Å²) in [6.07, 6.45) is 7.52. The molecule has 0 spiro atoms. The van der Waals surface area contributed by atoms with Crippen molar-refractivity contribution < 1.29 is 9.84 Å². The number of aliphatic hydroxyl groups excluding tert-OH is 1. The van der Waals surface area contributed by atoms with E-state index in [1.165, 1.54) is 17.7 Å². The van der Waals surface area contributed by atoms with Gasteiger partial charge in [0.1, 0.15) is 0 Å². The summed E-state index contributed by atoms with van der Waals surface area (Å²) >= 11 is 1.73. The highest BCUT2D eigenvalue weighted by atomic mass is 32.2. The van der Waals surface area contributed by atoms with E-state index >= 15 is 0 Å². The Kier molecular flexibility index (Phi) is 5.54. The second-order valence-electron chi connectivity index (χ2n) is 4.85. The van der Waals surface area contributed by atoms with E-state index in [2.05, 4.69) is 18.4 Å². The molecule has 1 aliphatic rings. The zero-order chi connectivity index (χ0) is 12.8. The van der Waals surface area contributed by atoms with Gasteiger partial charge in [0, 0.05) is 11.5 Å². The Morgan fingerprint density at radius 1 is 1.39 bits per heavy atom. The van der Waals surface area contributed by atoms with Gasteiger partial charge in [-0.2, -0.15) is 0 Å². The van der Waals surface area contributed by atoms with Gasteiger partial charge in [0.15, 0.2) is 0 Å². The molecule has 18 heavy (non-hydrogen) atoms. The lowest BCUT2D eigenvalue weighted by Gasteiger charge is -2.13. The summed E-state index contributed by atoms with van der Waals surface area (Å²) in [5.74, 6) is 0. The van der Waals surface area contributed by atoms with E-state index in [4.69, 9.17) is 4.74 Å². The lowest BCUT2D eigenvalue weighted by atomic mass is 10.0. The molecule has 1 saturated heterocycles. The lowest BCUT2D eigenvalue weighted by molar-refractivity contribution is 0.0944. The maximum absolute atomic E-state index is 10.1. The van der Waals surface area contributed by atoms with Gasteiger partial charge in [-0.3, -0.25) is 0 Å². The van der Waals surface area contributed by atoms with Gasteiger partial charge >= 0.3 is 0 Å². The molecule has 1 aliphatic heterocycles. The first-order valence-corrected chi connectivity index (χ1v) is 7.95. The second-order valence-corrected chi connectivity index (χ2v) is 5.73. The number of aliphatic hydroxyl groups is 1. The van der Waals surface area contributed by atoms with Gasteiger partial charge in [0.25, 0.3) is 0 Å². The molecule has 0 aromatic heterocycles. The smallest absolute Gasteiger partial charge is 0.0790 e. The van der Waals surface area contributed by atoms with Crippen LogP contribution in [0.15, 0.2) is 29.2 Å². The minimum Gasteiger partial charge on any atom is -0.388 e. The van der Waals surface area contributed by atoms with Gasteiger partial charge in [0.2, 0.25) is 0 Å². The van der Waals surface area contributed by atoms with Crippen LogP contribution in [0.4, 0.5) is 0 Å². The lowest BCUT2D eigenvalue weighted by Crippen LogP contribution is -2.06. The predicted molar refractivity (Wildman–Crippen MR) is 76.0 cm³/mol. The first-order valence-electron chi connectivity index (χ1n) is 6.73. The van der Waals surface area contributed by atoms with Crippen LogP contribution in [0.2, 0.25) is 0 Å². The van der Waals surface area contributed by atoms with Gasteiger partial charge in [0.05, 0.1) is 12.2 Å². The molecule has 100 valence electrons. The third-order valence-corrected chi connectivity index (χ3v) is 4.27. The maximum atomic E-state index is 10.1. The molecule has 0 bridgehead atoms. The fraction of sp³-hybridized carbons (Fsp3) is 0.600. The first-order chi connectivity index (χ1) is 8.79. The number of hydrogen-bond acceptors (Lipinski definition) is 3. The van der Waals surface area contributed by atoms with E-state index in [1.807, 2.05) is 12.1 Å². The molecule has 0 amide bonds. The Bertz CT molecular complexity index is 344. The number of ether oxygens (including phenoxy) is 1. The minimum atomic E-state index is -0.331. The van der Waals surface area contributed by atoms with Crippen LogP contribution in [0.25, 0.3) is 0 Å². The molecule has 1 aromatic rings. The molecule has 1 N–H and O–H groups in total. The van der Waals surface area contributed by atoms with E-state index in [9.17, 15) is 5.11 Å². The number of benzene rings is 1. The number of hydrogen-bond donors (Lipinski definition) is 1. The zero-order valence-electron chi connectivity index (χ0n) is 11.0. The molecule has 0 radical (unpaired) electrons. The molecule has 1 fully saturated rings. The number of thioether (sulfide) groups is 1. The van der Waals surface area contributed by atoms with E-state index < -0.39 is 0 Å². The van der Waals surface area contributed by atoms with Crippen molar-refractivity contribution in [1.82, 2.24) is 0 Å².